The minimum absolute atomic E-state index is 0.0435. The Labute approximate surface area is 236 Å². The number of alkyl halides is 3. The van der Waals surface area contributed by atoms with Crippen molar-refractivity contribution in [2.75, 3.05) is 5.75 Å². The van der Waals surface area contributed by atoms with Crippen LogP contribution in [0.5, 0.6) is 5.75 Å². The van der Waals surface area contributed by atoms with E-state index in [9.17, 15) is 41.3 Å². The standard InChI is InChI=1S/C18H11F3I3NO9S/c1-17(18(19,20)21,7-35(30,31)32)34-15(26)8-2-3-12(25(28)29)13(4-8)33-16(27)10-5-9(22)6-11(23)14(10)24/h2-6H,7H2,1H3,(H,30,31,32). The molecule has 35 heavy (non-hydrogen) atoms. The van der Waals surface area contributed by atoms with Crippen LogP contribution in [0.15, 0.2) is 30.3 Å². The number of nitrogens with zero attached hydrogens (tertiary/aromatic N) is 1. The number of ether oxygens (including phenoxy) is 2. The molecule has 0 aromatic heterocycles. The topological polar surface area (TPSA) is 150 Å². The van der Waals surface area contributed by atoms with Gasteiger partial charge in [0.1, 0.15) is 5.75 Å². The second-order valence-electron chi connectivity index (χ2n) is 6.92. The van der Waals surface area contributed by atoms with Crippen molar-refractivity contribution in [2.24, 2.45) is 0 Å². The van der Waals surface area contributed by atoms with Gasteiger partial charge in [-0.15, -0.1) is 0 Å². The van der Waals surface area contributed by atoms with Gasteiger partial charge in [-0.25, -0.2) is 9.59 Å². The van der Waals surface area contributed by atoms with Gasteiger partial charge in [-0.1, -0.05) is 0 Å². The van der Waals surface area contributed by atoms with E-state index in [2.05, 4.69) is 4.74 Å². The molecule has 0 aliphatic carbocycles. The average Bonchev–Trinajstić information content (AvgIpc) is 2.67. The first-order valence-corrected chi connectivity index (χ1v) is 13.6. The van der Waals surface area contributed by atoms with Crippen LogP contribution < -0.4 is 4.74 Å². The van der Waals surface area contributed by atoms with Crippen LogP contribution >= 0.6 is 67.8 Å². The lowest BCUT2D eigenvalue weighted by molar-refractivity contribution is -0.385. The first kappa shape index (κ1) is 29.9. The molecule has 0 saturated carbocycles. The van der Waals surface area contributed by atoms with Gasteiger partial charge in [0.15, 0.2) is 0 Å². The van der Waals surface area contributed by atoms with Crippen LogP contribution in [-0.4, -0.2) is 47.4 Å². The Morgan fingerprint density at radius 3 is 2.23 bits per heavy atom. The summed E-state index contributed by atoms with van der Waals surface area (Å²) in [7, 11) is -5.23. The zero-order chi connectivity index (χ0) is 26.9. The predicted octanol–water partition coefficient (Wildman–Crippen LogP) is 4.99. The first-order chi connectivity index (χ1) is 15.8. The second kappa shape index (κ2) is 11.0. The second-order valence-corrected chi connectivity index (χ2v) is 11.9. The van der Waals surface area contributed by atoms with Gasteiger partial charge in [-0.2, -0.15) is 21.6 Å². The highest BCUT2D eigenvalue weighted by molar-refractivity contribution is 14.1. The fraction of sp³-hybridized carbons (Fsp3) is 0.222. The van der Waals surface area contributed by atoms with Crippen LogP contribution in [0.2, 0.25) is 0 Å². The molecule has 0 radical (unpaired) electrons. The van der Waals surface area contributed by atoms with Crippen LogP contribution in [0, 0.1) is 20.8 Å². The number of halogens is 6. The summed E-state index contributed by atoms with van der Waals surface area (Å²) < 4.78 is 82.4. The number of esters is 2. The van der Waals surface area contributed by atoms with Crippen molar-refractivity contribution in [2.45, 2.75) is 18.7 Å². The Morgan fingerprint density at radius 1 is 1.11 bits per heavy atom. The SMILES string of the molecule is CC(CS(=O)(=O)O)(OC(=O)c1ccc([N+](=O)[O-])c(OC(=O)c2cc(I)cc(I)c2I)c1)C(F)(F)F. The molecule has 0 bridgehead atoms. The van der Waals surface area contributed by atoms with Crippen molar-refractivity contribution in [1.29, 1.82) is 0 Å². The molecule has 2 aromatic carbocycles. The lowest BCUT2D eigenvalue weighted by Gasteiger charge is -2.30. The van der Waals surface area contributed by atoms with Crippen molar-refractivity contribution in [3.8, 4) is 5.75 Å². The minimum atomic E-state index is -5.41. The molecule has 0 spiro atoms. The van der Waals surface area contributed by atoms with Gasteiger partial charge >= 0.3 is 23.8 Å². The molecular formula is C18H11F3I3NO9S. The molecule has 190 valence electrons. The van der Waals surface area contributed by atoms with Crippen LogP contribution in [0.1, 0.15) is 27.6 Å². The van der Waals surface area contributed by atoms with Gasteiger partial charge in [-0.3, -0.25) is 14.7 Å². The van der Waals surface area contributed by atoms with Crippen LogP contribution in [-0.2, 0) is 14.9 Å². The van der Waals surface area contributed by atoms with E-state index >= 15 is 0 Å². The molecular weight excluding hydrogens is 844 g/mol. The summed E-state index contributed by atoms with van der Waals surface area (Å²) in [5.74, 6) is -5.53. The highest BCUT2D eigenvalue weighted by Gasteiger charge is 2.57. The highest BCUT2D eigenvalue weighted by Crippen LogP contribution is 2.36. The Kier molecular flexibility index (Phi) is 9.37. The zero-order valence-corrected chi connectivity index (χ0v) is 24.2. The fourth-order valence-corrected chi connectivity index (χ4v) is 5.81. The van der Waals surface area contributed by atoms with E-state index in [1.165, 1.54) is 6.07 Å². The third-order valence-electron chi connectivity index (χ3n) is 4.18. The quantitative estimate of drug-likeness (QED) is 0.0774. The fourth-order valence-electron chi connectivity index (χ4n) is 2.51. The number of nitro benzene ring substituents is 1. The number of hydrogen-bond donors (Lipinski definition) is 1. The van der Waals surface area contributed by atoms with Crippen molar-refractivity contribution in [3.63, 3.8) is 0 Å². The van der Waals surface area contributed by atoms with Gasteiger partial charge in [0, 0.05) is 22.8 Å². The molecule has 0 amide bonds. The predicted molar refractivity (Wildman–Crippen MR) is 139 cm³/mol. The maximum absolute atomic E-state index is 13.4. The molecule has 17 heteroatoms. The van der Waals surface area contributed by atoms with Gasteiger partial charge in [0.2, 0.25) is 11.4 Å². The van der Waals surface area contributed by atoms with E-state index in [1.54, 1.807) is 6.07 Å². The third-order valence-corrected chi connectivity index (χ3v) is 8.77. The molecule has 1 unspecified atom stereocenters. The number of carbonyl (C=O) groups is 2. The third kappa shape index (κ3) is 7.58. The molecule has 2 aromatic rings. The van der Waals surface area contributed by atoms with Crippen molar-refractivity contribution < 1.29 is 50.1 Å². The largest absolute Gasteiger partial charge is 0.445 e. The van der Waals surface area contributed by atoms with Crippen LogP contribution in [0.3, 0.4) is 0 Å². The monoisotopic (exact) mass is 855 g/mol. The number of carbonyl (C=O) groups excluding carboxylic acids is 2. The molecule has 1 atom stereocenters. The summed E-state index contributed by atoms with van der Waals surface area (Å²) in [4.78, 5) is 35.5. The van der Waals surface area contributed by atoms with Crippen LogP contribution in [0.25, 0.3) is 0 Å². The molecule has 0 aliphatic heterocycles. The molecule has 0 fully saturated rings. The van der Waals surface area contributed by atoms with E-state index in [0.29, 0.717) is 22.8 Å². The minimum Gasteiger partial charge on any atom is -0.445 e. The smallest absolute Gasteiger partial charge is 0.429 e. The van der Waals surface area contributed by atoms with Crippen molar-refractivity contribution >= 4 is 95.5 Å². The van der Waals surface area contributed by atoms with Crippen molar-refractivity contribution in [1.82, 2.24) is 0 Å². The van der Waals surface area contributed by atoms with Gasteiger partial charge in [-0.05, 0) is 92.9 Å². The summed E-state index contributed by atoms with van der Waals surface area (Å²) in [5.41, 5.74) is -5.09. The van der Waals surface area contributed by atoms with E-state index < -0.39 is 61.5 Å². The Bertz CT molecular complexity index is 1320. The van der Waals surface area contributed by atoms with E-state index in [-0.39, 0.29) is 12.5 Å². The number of nitro groups is 1. The molecule has 10 nitrogen and oxygen atoms in total. The Hall–Kier alpha value is -1.33. The van der Waals surface area contributed by atoms with Gasteiger partial charge in [0.05, 0.1) is 16.1 Å². The molecule has 1 N–H and O–H groups in total. The molecule has 0 aliphatic rings. The Balaban J connectivity index is 2.47. The van der Waals surface area contributed by atoms with Gasteiger partial charge < -0.3 is 9.47 Å². The lowest BCUT2D eigenvalue weighted by atomic mass is 10.1. The van der Waals surface area contributed by atoms with E-state index in [1.807, 2.05) is 67.8 Å². The first-order valence-electron chi connectivity index (χ1n) is 8.75. The normalized spacial score (nSPS) is 13.6. The van der Waals surface area contributed by atoms with Gasteiger partial charge in [0.25, 0.3) is 10.1 Å². The molecule has 2 rings (SSSR count). The number of rotatable bonds is 7. The summed E-state index contributed by atoms with van der Waals surface area (Å²) in [5, 5.41) is 11.4. The van der Waals surface area contributed by atoms with E-state index in [0.717, 1.165) is 6.07 Å². The Morgan fingerprint density at radius 2 is 1.71 bits per heavy atom. The maximum Gasteiger partial charge on any atom is 0.429 e. The average molecular weight is 855 g/mol. The summed E-state index contributed by atoms with van der Waals surface area (Å²) in [6.45, 7) is 0.228. The maximum atomic E-state index is 13.4. The molecule has 0 heterocycles. The zero-order valence-electron chi connectivity index (χ0n) is 16.9. The van der Waals surface area contributed by atoms with Crippen LogP contribution in [0.4, 0.5) is 18.9 Å². The van der Waals surface area contributed by atoms with E-state index in [4.69, 9.17) is 9.29 Å². The number of benzene rings is 2. The highest BCUT2D eigenvalue weighted by atomic mass is 127. The summed E-state index contributed by atoms with van der Waals surface area (Å²) in [6, 6.07) is 5.26. The number of hydrogen-bond acceptors (Lipinski definition) is 8. The molecule has 0 saturated heterocycles. The summed E-state index contributed by atoms with van der Waals surface area (Å²) >= 11 is 5.75. The lowest BCUT2D eigenvalue weighted by Crippen LogP contribution is -2.51. The summed E-state index contributed by atoms with van der Waals surface area (Å²) in [6.07, 6.45) is -5.41. The van der Waals surface area contributed by atoms with Crippen molar-refractivity contribution in [3.05, 3.63) is 62.3 Å².